The lowest BCUT2D eigenvalue weighted by molar-refractivity contribution is -0.384. The second kappa shape index (κ2) is 6.67. The predicted molar refractivity (Wildman–Crippen MR) is 77.2 cm³/mol. The predicted octanol–water partition coefficient (Wildman–Crippen LogP) is 2.10. The Morgan fingerprint density at radius 1 is 1.38 bits per heavy atom. The highest BCUT2D eigenvalue weighted by molar-refractivity contribution is 6.03. The second-order valence-electron chi connectivity index (χ2n) is 4.51. The van der Waals surface area contributed by atoms with Gasteiger partial charge in [0.15, 0.2) is 0 Å². The number of nitro groups is 1. The Kier molecular flexibility index (Phi) is 4.68. The number of amides is 1. The van der Waals surface area contributed by atoms with Crippen LogP contribution in [0.3, 0.4) is 0 Å². The van der Waals surface area contributed by atoms with Crippen molar-refractivity contribution >= 4 is 17.3 Å². The molecule has 1 aromatic carbocycles. The molecule has 1 heterocycles. The Hall–Kier alpha value is -2.67. The highest BCUT2D eigenvalue weighted by Gasteiger charge is 2.14. The summed E-state index contributed by atoms with van der Waals surface area (Å²) in [4.78, 5) is 24.5. The fourth-order valence-electron chi connectivity index (χ4n) is 1.91. The number of aromatic amines is 1. The summed E-state index contributed by atoms with van der Waals surface area (Å²) in [6.07, 6.45) is 2.54. The maximum absolute atomic E-state index is 12.0. The van der Waals surface area contributed by atoms with E-state index in [2.05, 4.69) is 10.3 Å². The number of anilines is 1. The molecule has 2 aromatic rings. The largest absolute Gasteiger partial charge is 0.396 e. The minimum atomic E-state index is -0.567. The van der Waals surface area contributed by atoms with E-state index < -0.39 is 10.8 Å². The number of hydrogen-bond donors (Lipinski definition) is 3. The number of carbonyl (C=O) groups is 1. The van der Waals surface area contributed by atoms with Crippen LogP contribution >= 0.6 is 0 Å². The zero-order chi connectivity index (χ0) is 15.2. The minimum Gasteiger partial charge on any atom is -0.396 e. The van der Waals surface area contributed by atoms with Gasteiger partial charge >= 0.3 is 0 Å². The molecule has 0 bridgehead atoms. The third-order valence-corrected chi connectivity index (χ3v) is 2.93. The lowest BCUT2D eigenvalue weighted by Gasteiger charge is -2.06. The molecule has 110 valence electrons. The molecular weight excluding hydrogens is 274 g/mol. The van der Waals surface area contributed by atoms with E-state index in [4.69, 9.17) is 5.11 Å². The smallest absolute Gasteiger partial charge is 0.287 e. The Bertz CT molecular complexity index is 651. The number of aryl methyl sites for hydroxylation is 1. The van der Waals surface area contributed by atoms with E-state index in [1.54, 1.807) is 12.1 Å². The molecule has 0 saturated heterocycles. The molecule has 0 aliphatic rings. The second-order valence-corrected chi connectivity index (χ2v) is 4.51. The third-order valence-electron chi connectivity index (χ3n) is 2.93. The maximum atomic E-state index is 12.0. The summed E-state index contributed by atoms with van der Waals surface area (Å²) in [5.41, 5.74) is 1.58. The topological polar surface area (TPSA) is 108 Å². The van der Waals surface area contributed by atoms with Crippen molar-refractivity contribution in [1.82, 2.24) is 4.98 Å². The molecule has 1 aromatic heterocycles. The normalized spacial score (nSPS) is 10.3. The number of rotatable bonds is 6. The molecule has 0 fully saturated rings. The first-order valence-corrected chi connectivity index (χ1v) is 6.44. The number of benzene rings is 1. The number of nitrogens with one attached hydrogen (secondary N) is 2. The van der Waals surface area contributed by atoms with Crippen LogP contribution in [0.15, 0.2) is 36.5 Å². The van der Waals surface area contributed by atoms with Crippen molar-refractivity contribution in [2.45, 2.75) is 12.8 Å². The van der Waals surface area contributed by atoms with Crippen molar-refractivity contribution in [2.75, 3.05) is 11.9 Å². The summed E-state index contributed by atoms with van der Waals surface area (Å²) in [7, 11) is 0. The van der Waals surface area contributed by atoms with Crippen LogP contribution in [0, 0.1) is 10.1 Å². The van der Waals surface area contributed by atoms with E-state index in [0.717, 1.165) is 5.56 Å². The van der Waals surface area contributed by atoms with Crippen LogP contribution < -0.4 is 5.32 Å². The number of nitrogens with zero attached hydrogens (tertiary/aromatic N) is 1. The fraction of sp³-hybridized carbons (Fsp3) is 0.214. The highest BCUT2D eigenvalue weighted by atomic mass is 16.6. The van der Waals surface area contributed by atoms with Gasteiger partial charge in [0.25, 0.3) is 11.6 Å². The summed E-state index contributed by atoms with van der Waals surface area (Å²) >= 11 is 0. The molecule has 7 nitrogen and oxygen atoms in total. The van der Waals surface area contributed by atoms with E-state index in [0.29, 0.717) is 18.5 Å². The molecule has 1 amide bonds. The van der Waals surface area contributed by atoms with Crippen molar-refractivity contribution in [3.8, 4) is 0 Å². The maximum Gasteiger partial charge on any atom is 0.287 e. The summed E-state index contributed by atoms with van der Waals surface area (Å²) in [5, 5.41) is 22.1. The number of aliphatic hydroxyl groups is 1. The van der Waals surface area contributed by atoms with Crippen LogP contribution in [-0.2, 0) is 6.42 Å². The van der Waals surface area contributed by atoms with Crippen LogP contribution in [-0.4, -0.2) is 27.5 Å². The first-order chi connectivity index (χ1) is 10.1. The van der Waals surface area contributed by atoms with Gasteiger partial charge in [-0.15, -0.1) is 0 Å². The Morgan fingerprint density at radius 2 is 2.19 bits per heavy atom. The van der Waals surface area contributed by atoms with Crippen molar-refractivity contribution in [3.63, 3.8) is 0 Å². The average Bonchev–Trinajstić information content (AvgIpc) is 2.95. The van der Waals surface area contributed by atoms with Crippen LogP contribution in [0.25, 0.3) is 0 Å². The van der Waals surface area contributed by atoms with Crippen LogP contribution in [0.5, 0.6) is 0 Å². The molecule has 0 unspecified atom stereocenters. The quantitative estimate of drug-likeness (QED) is 0.559. The number of hydrogen-bond acceptors (Lipinski definition) is 4. The van der Waals surface area contributed by atoms with E-state index >= 15 is 0 Å². The molecule has 7 heteroatoms. The number of aliphatic hydroxyl groups excluding tert-OH is 1. The molecular formula is C14H15N3O4. The zero-order valence-corrected chi connectivity index (χ0v) is 11.2. The first kappa shape index (κ1) is 14.7. The number of carbonyl (C=O) groups excluding carboxylic acids is 1. The summed E-state index contributed by atoms with van der Waals surface area (Å²) in [6, 6.07) is 8.44. The standard InChI is InChI=1S/C14H15N3O4/c18-6-2-4-10-3-1-5-11(7-10)16-14(19)13-8-12(9-15-13)17(20)21/h1,3,5,7-9,15,18H,2,4,6H2,(H,16,19). The molecule has 2 rings (SSSR count). The molecule has 0 aliphatic heterocycles. The van der Waals surface area contributed by atoms with Crippen molar-refractivity contribution in [3.05, 3.63) is 57.9 Å². The van der Waals surface area contributed by atoms with Gasteiger partial charge in [-0.3, -0.25) is 14.9 Å². The summed E-state index contributed by atoms with van der Waals surface area (Å²) in [6.45, 7) is 0.114. The molecule has 0 atom stereocenters. The zero-order valence-electron chi connectivity index (χ0n) is 11.2. The van der Waals surface area contributed by atoms with Gasteiger partial charge in [-0.05, 0) is 30.5 Å². The fourth-order valence-corrected chi connectivity index (χ4v) is 1.91. The third kappa shape index (κ3) is 3.90. The monoisotopic (exact) mass is 289 g/mol. The first-order valence-electron chi connectivity index (χ1n) is 6.44. The Balaban J connectivity index is 2.06. The van der Waals surface area contributed by atoms with Crippen molar-refractivity contribution < 1.29 is 14.8 Å². The molecule has 0 spiro atoms. The van der Waals surface area contributed by atoms with Gasteiger partial charge in [0.2, 0.25) is 0 Å². The van der Waals surface area contributed by atoms with Gasteiger partial charge in [-0.2, -0.15) is 0 Å². The summed E-state index contributed by atoms with van der Waals surface area (Å²) < 4.78 is 0. The number of aromatic nitrogens is 1. The van der Waals surface area contributed by atoms with Gasteiger partial charge in [0.1, 0.15) is 5.69 Å². The number of H-pyrrole nitrogens is 1. The minimum absolute atomic E-state index is 0.114. The van der Waals surface area contributed by atoms with E-state index in [1.165, 1.54) is 12.3 Å². The lowest BCUT2D eigenvalue weighted by Crippen LogP contribution is -2.12. The molecule has 0 saturated carbocycles. The Labute approximate surface area is 120 Å². The van der Waals surface area contributed by atoms with E-state index in [9.17, 15) is 14.9 Å². The van der Waals surface area contributed by atoms with Gasteiger partial charge in [-0.25, -0.2) is 0 Å². The van der Waals surface area contributed by atoms with Crippen LogP contribution in [0.2, 0.25) is 0 Å². The molecule has 0 aliphatic carbocycles. The van der Waals surface area contributed by atoms with E-state index in [1.807, 2.05) is 12.1 Å². The van der Waals surface area contributed by atoms with Gasteiger partial charge < -0.3 is 15.4 Å². The lowest BCUT2D eigenvalue weighted by atomic mass is 10.1. The molecule has 0 radical (unpaired) electrons. The average molecular weight is 289 g/mol. The van der Waals surface area contributed by atoms with Crippen molar-refractivity contribution in [2.24, 2.45) is 0 Å². The Morgan fingerprint density at radius 3 is 2.86 bits per heavy atom. The van der Waals surface area contributed by atoms with E-state index in [-0.39, 0.29) is 18.0 Å². The van der Waals surface area contributed by atoms with Crippen molar-refractivity contribution in [1.29, 1.82) is 0 Å². The molecule has 3 N–H and O–H groups in total. The highest BCUT2D eigenvalue weighted by Crippen LogP contribution is 2.16. The van der Waals surface area contributed by atoms with Gasteiger partial charge in [0.05, 0.1) is 11.1 Å². The van der Waals surface area contributed by atoms with Crippen LogP contribution in [0.1, 0.15) is 22.5 Å². The summed E-state index contributed by atoms with van der Waals surface area (Å²) in [5.74, 6) is -0.442. The molecule has 21 heavy (non-hydrogen) atoms. The van der Waals surface area contributed by atoms with Crippen LogP contribution in [0.4, 0.5) is 11.4 Å². The SMILES string of the molecule is O=C(Nc1cccc(CCCO)c1)c1cc([N+](=O)[O-])c[nH]1. The van der Waals surface area contributed by atoms with Gasteiger partial charge in [-0.1, -0.05) is 12.1 Å². The van der Waals surface area contributed by atoms with Gasteiger partial charge in [0, 0.05) is 18.4 Å².